The van der Waals surface area contributed by atoms with E-state index in [2.05, 4.69) is 16.8 Å². The monoisotopic (exact) mass is 344 g/mol. The molecule has 2 fully saturated rings. The maximum Gasteiger partial charge on any atom is 0.254 e. The molecule has 2 N–H and O–H groups in total. The zero-order valence-corrected chi connectivity index (χ0v) is 15.0. The zero-order chi connectivity index (χ0) is 17.4. The number of anilines is 1. The lowest BCUT2D eigenvalue weighted by molar-refractivity contribution is 0.0518. The van der Waals surface area contributed by atoms with E-state index in [1.165, 1.54) is 0 Å². The number of likely N-dealkylation sites (tertiary alicyclic amines) is 1. The third-order valence-electron chi connectivity index (χ3n) is 5.93. The Kier molecular flexibility index (Phi) is 4.56. The van der Waals surface area contributed by atoms with Gasteiger partial charge in [0, 0.05) is 62.9 Å². The number of carbonyl (C=O) groups excluding carboxylic acids is 1. The third kappa shape index (κ3) is 3.20. The summed E-state index contributed by atoms with van der Waals surface area (Å²) in [5.41, 5.74) is 8.38. The maximum absolute atomic E-state index is 13.0. The van der Waals surface area contributed by atoms with Gasteiger partial charge in [0.15, 0.2) is 0 Å². The summed E-state index contributed by atoms with van der Waals surface area (Å²) in [6.45, 7) is 6.91. The summed E-state index contributed by atoms with van der Waals surface area (Å²) in [5.74, 6) is 0.858. The molecule has 2 saturated heterocycles. The fraction of sp³-hybridized carbons (Fsp3) is 0.632. The second-order valence-corrected chi connectivity index (χ2v) is 7.47. The van der Waals surface area contributed by atoms with E-state index in [9.17, 15) is 4.79 Å². The van der Waals surface area contributed by atoms with Crippen molar-refractivity contribution >= 4 is 11.6 Å². The Hall–Kier alpha value is -1.79. The van der Waals surface area contributed by atoms with Crippen LogP contribution in [-0.2, 0) is 6.42 Å². The molecule has 0 aliphatic carbocycles. The van der Waals surface area contributed by atoms with Gasteiger partial charge in [0.05, 0.1) is 12.3 Å². The van der Waals surface area contributed by atoms with Crippen LogP contribution in [-0.4, -0.2) is 79.6 Å². The van der Waals surface area contributed by atoms with Crippen LogP contribution in [0.2, 0.25) is 0 Å². The zero-order valence-electron chi connectivity index (χ0n) is 15.0. The van der Waals surface area contributed by atoms with Crippen LogP contribution in [0, 0.1) is 0 Å². The van der Waals surface area contributed by atoms with Crippen molar-refractivity contribution in [2.75, 3.05) is 58.7 Å². The lowest BCUT2D eigenvalue weighted by atomic mass is 9.99. The Morgan fingerprint density at radius 1 is 1.12 bits per heavy atom. The van der Waals surface area contributed by atoms with E-state index in [1.54, 1.807) is 6.07 Å². The highest BCUT2D eigenvalue weighted by atomic mass is 16.5. The van der Waals surface area contributed by atoms with Crippen molar-refractivity contribution < 1.29 is 9.53 Å². The predicted octanol–water partition coefficient (Wildman–Crippen LogP) is 1.06. The van der Waals surface area contributed by atoms with Gasteiger partial charge in [-0.3, -0.25) is 9.69 Å². The molecule has 4 rings (SSSR count). The SMILES string of the molecule is CN1CCN(C2CCN(C(=O)c3ccc(N)c4c3CCO4)CC2)CC1. The molecule has 0 bridgehead atoms. The number of hydrogen-bond donors (Lipinski definition) is 1. The van der Waals surface area contributed by atoms with Crippen molar-refractivity contribution in [1.82, 2.24) is 14.7 Å². The number of carbonyl (C=O) groups is 1. The quantitative estimate of drug-likeness (QED) is 0.813. The van der Waals surface area contributed by atoms with E-state index in [-0.39, 0.29) is 5.91 Å². The molecule has 6 heteroatoms. The van der Waals surface area contributed by atoms with E-state index in [0.717, 1.165) is 75.4 Å². The number of nitrogen functional groups attached to an aromatic ring is 1. The summed E-state index contributed by atoms with van der Waals surface area (Å²) < 4.78 is 5.61. The topological polar surface area (TPSA) is 62.0 Å². The minimum atomic E-state index is 0.138. The lowest BCUT2D eigenvalue weighted by Gasteiger charge is -2.42. The number of benzene rings is 1. The number of ether oxygens (including phenoxy) is 1. The number of nitrogens with two attached hydrogens (primary N) is 1. The molecule has 0 unspecified atom stereocenters. The van der Waals surface area contributed by atoms with E-state index in [0.29, 0.717) is 18.3 Å². The van der Waals surface area contributed by atoms with Crippen molar-refractivity contribution in [3.63, 3.8) is 0 Å². The molecule has 136 valence electrons. The second kappa shape index (κ2) is 6.84. The molecule has 0 radical (unpaired) electrons. The summed E-state index contributed by atoms with van der Waals surface area (Å²) in [6.07, 6.45) is 2.92. The second-order valence-electron chi connectivity index (χ2n) is 7.47. The first kappa shape index (κ1) is 16.7. The highest BCUT2D eigenvalue weighted by Gasteiger charge is 2.31. The molecule has 0 atom stereocenters. The van der Waals surface area contributed by atoms with Gasteiger partial charge in [0.25, 0.3) is 5.91 Å². The van der Waals surface area contributed by atoms with E-state index in [4.69, 9.17) is 10.5 Å². The molecule has 1 aromatic carbocycles. The summed E-state index contributed by atoms with van der Waals surface area (Å²) in [5, 5.41) is 0. The van der Waals surface area contributed by atoms with Crippen molar-refractivity contribution in [2.45, 2.75) is 25.3 Å². The third-order valence-corrected chi connectivity index (χ3v) is 5.93. The van der Waals surface area contributed by atoms with Crippen LogP contribution < -0.4 is 10.5 Å². The number of piperazine rings is 1. The molecular formula is C19H28N4O2. The first-order chi connectivity index (χ1) is 12.1. The van der Waals surface area contributed by atoms with Crippen molar-refractivity contribution in [1.29, 1.82) is 0 Å². The first-order valence-corrected chi connectivity index (χ1v) is 9.39. The fourth-order valence-electron chi connectivity index (χ4n) is 4.31. The molecule has 1 aromatic rings. The van der Waals surface area contributed by atoms with Gasteiger partial charge >= 0.3 is 0 Å². The van der Waals surface area contributed by atoms with Crippen LogP contribution in [0.4, 0.5) is 5.69 Å². The molecule has 6 nitrogen and oxygen atoms in total. The standard InChI is InChI=1S/C19H28N4O2/c1-21-9-11-22(12-10-21)14-4-7-23(8-5-14)19(24)16-2-3-17(20)18-15(16)6-13-25-18/h2-3,14H,4-13,20H2,1H3. The highest BCUT2D eigenvalue weighted by molar-refractivity contribution is 5.97. The Labute approximate surface area is 149 Å². The maximum atomic E-state index is 13.0. The van der Waals surface area contributed by atoms with Gasteiger partial charge in [-0.2, -0.15) is 0 Å². The minimum absolute atomic E-state index is 0.138. The van der Waals surface area contributed by atoms with Gasteiger partial charge in [0.2, 0.25) is 0 Å². The van der Waals surface area contributed by atoms with Gasteiger partial charge in [-0.1, -0.05) is 0 Å². The van der Waals surface area contributed by atoms with Crippen molar-refractivity contribution in [3.8, 4) is 5.75 Å². The smallest absolute Gasteiger partial charge is 0.254 e. The first-order valence-electron chi connectivity index (χ1n) is 9.39. The van der Waals surface area contributed by atoms with E-state index in [1.807, 2.05) is 11.0 Å². The minimum Gasteiger partial charge on any atom is -0.491 e. The van der Waals surface area contributed by atoms with Crippen molar-refractivity contribution in [3.05, 3.63) is 23.3 Å². The van der Waals surface area contributed by atoms with Crippen LogP contribution in [0.3, 0.4) is 0 Å². The Balaban J connectivity index is 1.40. The summed E-state index contributed by atoms with van der Waals surface area (Å²) in [4.78, 5) is 20.0. The van der Waals surface area contributed by atoms with Crippen LogP contribution in [0.15, 0.2) is 12.1 Å². The van der Waals surface area contributed by atoms with E-state index < -0.39 is 0 Å². The highest BCUT2D eigenvalue weighted by Crippen LogP contribution is 2.35. The Morgan fingerprint density at radius 3 is 2.56 bits per heavy atom. The molecule has 0 aromatic heterocycles. The lowest BCUT2D eigenvalue weighted by Crippen LogP contribution is -2.53. The molecule has 0 saturated carbocycles. The van der Waals surface area contributed by atoms with Crippen LogP contribution in [0.1, 0.15) is 28.8 Å². The average Bonchev–Trinajstić information content (AvgIpc) is 3.13. The number of fused-ring (bicyclic) bond motifs is 1. The number of likely N-dealkylation sites (N-methyl/N-ethyl adjacent to an activating group) is 1. The van der Waals surface area contributed by atoms with Gasteiger partial charge in [-0.15, -0.1) is 0 Å². The largest absolute Gasteiger partial charge is 0.491 e. The number of hydrogen-bond acceptors (Lipinski definition) is 5. The predicted molar refractivity (Wildman–Crippen MR) is 98.0 cm³/mol. The molecule has 25 heavy (non-hydrogen) atoms. The van der Waals surface area contributed by atoms with Crippen LogP contribution >= 0.6 is 0 Å². The van der Waals surface area contributed by atoms with Gasteiger partial charge in [-0.05, 0) is 32.0 Å². The number of amides is 1. The summed E-state index contributed by atoms with van der Waals surface area (Å²) in [7, 11) is 2.19. The molecule has 0 spiro atoms. The molecule has 1 amide bonds. The fourth-order valence-corrected chi connectivity index (χ4v) is 4.31. The summed E-state index contributed by atoms with van der Waals surface area (Å²) in [6, 6.07) is 4.30. The number of piperidine rings is 1. The normalized spacial score (nSPS) is 22.7. The number of rotatable bonds is 2. The average molecular weight is 344 g/mol. The number of nitrogens with zero attached hydrogens (tertiary/aromatic N) is 3. The van der Waals surface area contributed by atoms with Gasteiger partial charge in [-0.25, -0.2) is 0 Å². The van der Waals surface area contributed by atoms with Gasteiger partial charge in [0.1, 0.15) is 5.75 Å². The Bertz CT molecular complexity index is 647. The molecule has 3 heterocycles. The van der Waals surface area contributed by atoms with Crippen molar-refractivity contribution in [2.24, 2.45) is 0 Å². The Morgan fingerprint density at radius 2 is 1.84 bits per heavy atom. The van der Waals surface area contributed by atoms with Crippen LogP contribution in [0.25, 0.3) is 0 Å². The molecule has 3 aliphatic heterocycles. The molecular weight excluding hydrogens is 316 g/mol. The van der Waals surface area contributed by atoms with Gasteiger partial charge < -0.3 is 20.3 Å². The van der Waals surface area contributed by atoms with E-state index >= 15 is 0 Å². The van der Waals surface area contributed by atoms with Crippen LogP contribution in [0.5, 0.6) is 5.75 Å². The summed E-state index contributed by atoms with van der Waals surface area (Å²) >= 11 is 0. The molecule has 3 aliphatic rings.